The Kier molecular flexibility index (Phi) is 12.2. The van der Waals surface area contributed by atoms with Gasteiger partial charge in [0.15, 0.2) is 0 Å². The Bertz CT molecular complexity index is 1980. The van der Waals surface area contributed by atoms with E-state index in [1.54, 1.807) is 52.3 Å². The summed E-state index contributed by atoms with van der Waals surface area (Å²) in [6, 6.07) is 18.0. The number of amides is 2. The summed E-state index contributed by atoms with van der Waals surface area (Å²) in [7, 11) is -6.89. The molecule has 0 bridgehead atoms. The first-order chi connectivity index (χ1) is 24.9. The van der Waals surface area contributed by atoms with Gasteiger partial charge in [-0.1, -0.05) is 53.9 Å². The van der Waals surface area contributed by atoms with E-state index in [1.807, 2.05) is 31.2 Å². The van der Waals surface area contributed by atoms with E-state index in [4.69, 9.17) is 32.9 Å². The molecule has 11 nitrogen and oxygen atoms in total. The second-order valence-electron chi connectivity index (χ2n) is 13.5. The van der Waals surface area contributed by atoms with Crippen LogP contribution in [0.25, 0.3) is 0 Å². The fourth-order valence-electron chi connectivity index (χ4n) is 7.10. The molecule has 2 atom stereocenters. The van der Waals surface area contributed by atoms with Crippen LogP contribution in [0.5, 0.6) is 5.75 Å². The van der Waals surface area contributed by atoms with E-state index in [2.05, 4.69) is 4.90 Å². The van der Waals surface area contributed by atoms with Crippen LogP contribution in [0.15, 0.2) is 76.6 Å². The van der Waals surface area contributed by atoms with Crippen molar-refractivity contribution in [1.82, 2.24) is 19.0 Å². The number of sulfonamides is 1. The van der Waals surface area contributed by atoms with E-state index in [1.165, 1.54) is 10.6 Å². The highest BCUT2D eigenvalue weighted by atomic mass is 35.5. The number of aliphatic imine (C=N–C) groups is 1. The maximum absolute atomic E-state index is 15.0. The van der Waals surface area contributed by atoms with Gasteiger partial charge >= 0.3 is 6.03 Å². The van der Waals surface area contributed by atoms with Gasteiger partial charge in [-0.3, -0.25) is 14.8 Å². The monoisotopic (exact) mass is 789 g/mol. The Hall–Kier alpha value is -3.20. The van der Waals surface area contributed by atoms with Crippen LogP contribution in [-0.2, 0) is 19.9 Å². The van der Waals surface area contributed by atoms with Gasteiger partial charge in [0.05, 0.1) is 28.9 Å². The molecular weight excluding hydrogens is 745 g/mol. The third kappa shape index (κ3) is 8.77. The van der Waals surface area contributed by atoms with Crippen molar-refractivity contribution in [2.75, 3.05) is 64.4 Å². The number of ether oxygens (including phenoxy) is 1. The van der Waals surface area contributed by atoms with Crippen LogP contribution in [0, 0.1) is 0 Å². The van der Waals surface area contributed by atoms with Crippen molar-refractivity contribution in [2.45, 2.75) is 49.6 Å². The number of amidine groups is 1. The summed E-state index contributed by atoms with van der Waals surface area (Å²) in [5, 5.41) is 1.11. The van der Waals surface area contributed by atoms with Crippen LogP contribution in [0.2, 0.25) is 10.0 Å². The molecule has 2 amide bonds. The van der Waals surface area contributed by atoms with Gasteiger partial charge in [0.25, 0.3) is 0 Å². The van der Waals surface area contributed by atoms with E-state index >= 15 is 0 Å². The van der Waals surface area contributed by atoms with Crippen molar-refractivity contribution in [2.24, 2.45) is 4.99 Å². The second-order valence-corrected chi connectivity index (χ2v) is 18.5. The molecule has 0 radical (unpaired) electrons. The van der Waals surface area contributed by atoms with Crippen LogP contribution < -0.4 is 4.74 Å². The fourth-order valence-corrected chi connectivity index (χ4v) is 9.55. The summed E-state index contributed by atoms with van der Waals surface area (Å²) in [5.74, 6) is 0.835. The summed E-state index contributed by atoms with van der Waals surface area (Å²) in [5.41, 5.74) is 2.02. The predicted molar refractivity (Wildman–Crippen MR) is 205 cm³/mol. The van der Waals surface area contributed by atoms with Crippen molar-refractivity contribution in [3.05, 3.63) is 93.5 Å². The number of hydrogen-bond acceptors (Lipinski definition) is 8. The highest BCUT2D eigenvalue weighted by Crippen LogP contribution is 2.46. The topological polar surface area (TPSA) is 120 Å². The van der Waals surface area contributed by atoms with E-state index < -0.39 is 31.9 Å². The molecule has 0 aromatic heterocycles. The van der Waals surface area contributed by atoms with Gasteiger partial charge in [0.1, 0.15) is 27.5 Å². The van der Waals surface area contributed by atoms with Gasteiger partial charge in [0, 0.05) is 55.6 Å². The minimum absolute atomic E-state index is 0.114. The molecule has 280 valence electrons. The minimum atomic E-state index is -3.83. The summed E-state index contributed by atoms with van der Waals surface area (Å²) < 4.78 is 59.0. The number of carbonyl (C=O) groups excluding carboxylic acids is 1. The van der Waals surface area contributed by atoms with Gasteiger partial charge in [-0.2, -0.15) is 4.31 Å². The Morgan fingerprint density at radius 1 is 0.827 bits per heavy atom. The number of piperazine rings is 1. The van der Waals surface area contributed by atoms with Crippen LogP contribution in [0.1, 0.15) is 61.4 Å². The van der Waals surface area contributed by atoms with E-state index in [0.29, 0.717) is 86.0 Å². The number of hydrogen-bond donors (Lipinski definition) is 0. The number of piperidine rings is 1. The highest BCUT2D eigenvalue weighted by molar-refractivity contribution is 7.90. The lowest BCUT2D eigenvalue weighted by atomic mass is 9.93. The maximum Gasteiger partial charge on any atom is 0.326 e. The first kappa shape index (κ1) is 38.5. The summed E-state index contributed by atoms with van der Waals surface area (Å²) in [4.78, 5) is 26.0. The average molecular weight is 791 g/mol. The Morgan fingerprint density at radius 3 is 2.04 bits per heavy atom. The normalized spacial score (nSPS) is 20.6. The molecule has 3 aromatic carbocycles. The SMILES string of the molecule is CCOc1ccc(S(=O)(=O)N2CCCCC2)cc1C1=NC(c2ccc(Cl)cc2)C(c2ccc(Cl)cc2)N1C(=O)N1CCN(CCCS(C)(=O)=O)CC1. The van der Waals surface area contributed by atoms with Crippen LogP contribution in [-0.4, -0.2) is 112 Å². The first-order valence-corrected chi connectivity index (χ1v) is 22.0. The molecule has 0 saturated carbocycles. The number of nitrogens with zero attached hydrogens (tertiary/aromatic N) is 5. The minimum Gasteiger partial charge on any atom is -0.493 e. The zero-order chi connectivity index (χ0) is 37.0. The molecule has 0 N–H and O–H groups in total. The zero-order valence-corrected chi connectivity index (χ0v) is 32.6. The highest BCUT2D eigenvalue weighted by Gasteiger charge is 2.45. The molecule has 0 aliphatic carbocycles. The van der Waals surface area contributed by atoms with Crippen molar-refractivity contribution >= 4 is 54.9 Å². The van der Waals surface area contributed by atoms with Crippen molar-refractivity contribution < 1.29 is 26.4 Å². The maximum atomic E-state index is 15.0. The summed E-state index contributed by atoms with van der Waals surface area (Å²) in [6.45, 7) is 5.68. The molecule has 2 saturated heterocycles. The lowest BCUT2D eigenvalue weighted by Gasteiger charge is -2.39. The molecule has 2 fully saturated rings. The van der Waals surface area contributed by atoms with Gasteiger partial charge < -0.3 is 9.64 Å². The van der Waals surface area contributed by atoms with E-state index in [9.17, 15) is 21.6 Å². The van der Waals surface area contributed by atoms with E-state index in [0.717, 1.165) is 30.4 Å². The molecule has 3 aliphatic rings. The van der Waals surface area contributed by atoms with Crippen LogP contribution in [0.3, 0.4) is 0 Å². The Labute approximate surface area is 317 Å². The molecule has 3 aromatic rings. The molecule has 15 heteroatoms. The summed E-state index contributed by atoms with van der Waals surface area (Å²) >= 11 is 12.6. The van der Waals surface area contributed by atoms with Gasteiger partial charge in [0.2, 0.25) is 10.0 Å². The van der Waals surface area contributed by atoms with Crippen molar-refractivity contribution in [3.8, 4) is 5.75 Å². The van der Waals surface area contributed by atoms with Gasteiger partial charge in [-0.05, 0) is 86.3 Å². The fraction of sp³-hybridized carbons (Fsp3) is 0.459. The molecule has 0 spiro atoms. The quantitative estimate of drug-likeness (QED) is 0.224. The number of halogens is 2. The number of carbonyl (C=O) groups is 1. The first-order valence-electron chi connectivity index (χ1n) is 17.7. The Balaban J connectivity index is 1.44. The standard InChI is InChI=1S/C37H45Cl2N5O6S2/c1-3-50-33-17-16-31(52(48,49)43-19-5-4-6-20-43)26-32(33)36-40-34(27-8-12-29(38)13-9-27)35(28-10-14-30(39)15-11-28)44(36)37(45)42-23-21-41(22-24-42)18-7-25-51(2,46)47/h8-17,26,34-35H,3-7,18-25H2,1-2H3. The smallest absolute Gasteiger partial charge is 0.326 e. The third-order valence-electron chi connectivity index (χ3n) is 9.77. The molecule has 52 heavy (non-hydrogen) atoms. The second kappa shape index (κ2) is 16.4. The number of rotatable bonds is 11. The van der Waals surface area contributed by atoms with Crippen LogP contribution >= 0.6 is 23.2 Å². The predicted octanol–water partition coefficient (Wildman–Crippen LogP) is 6.28. The lowest BCUT2D eigenvalue weighted by Crippen LogP contribution is -2.54. The third-order valence-corrected chi connectivity index (χ3v) is 13.2. The molecule has 2 unspecified atom stereocenters. The molecule has 3 heterocycles. The van der Waals surface area contributed by atoms with Crippen molar-refractivity contribution in [3.63, 3.8) is 0 Å². The molecule has 6 rings (SSSR count). The van der Waals surface area contributed by atoms with Gasteiger partial charge in [-0.25, -0.2) is 21.6 Å². The van der Waals surface area contributed by atoms with Crippen LogP contribution in [0.4, 0.5) is 4.79 Å². The number of urea groups is 1. The average Bonchev–Trinajstić information content (AvgIpc) is 3.52. The number of sulfone groups is 1. The number of benzene rings is 3. The van der Waals surface area contributed by atoms with Crippen molar-refractivity contribution in [1.29, 1.82) is 0 Å². The summed E-state index contributed by atoms with van der Waals surface area (Å²) in [6.07, 6.45) is 4.35. The van der Waals surface area contributed by atoms with Gasteiger partial charge in [-0.15, -0.1) is 0 Å². The van der Waals surface area contributed by atoms with E-state index in [-0.39, 0.29) is 16.7 Å². The lowest BCUT2D eigenvalue weighted by molar-refractivity contribution is 0.119. The molecule has 3 aliphatic heterocycles. The molecular formula is C37H45Cl2N5O6S2. The largest absolute Gasteiger partial charge is 0.493 e. The zero-order valence-electron chi connectivity index (χ0n) is 29.5. The Morgan fingerprint density at radius 2 is 1.44 bits per heavy atom.